The van der Waals surface area contributed by atoms with Crippen molar-refractivity contribution < 1.29 is 9.53 Å². The van der Waals surface area contributed by atoms with E-state index in [1.165, 1.54) is 11.1 Å². The maximum atomic E-state index is 13.5. The van der Waals surface area contributed by atoms with E-state index in [4.69, 9.17) is 4.74 Å². The van der Waals surface area contributed by atoms with Gasteiger partial charge in [-0.2, -0.15) is 0 Å². The van der Waals surface area contributed by atoms with Crippen molar-refractivity contribution in [3.8, 4) is 0 Å². The summed E-state index contributed by atoms with van der Waals surface area (Å²) in [7, 11) is 0. The molecule has 0 radical (unpaired) electrons. The molecule has 0 aromatic heterocycles. The highest BCUT2D eigenvalue weighted by atomic mass is 16.5. The molecule has 3 heteroatoms. The fourth-order valence-corrected chi connectivity index (χ4v) is 3.64. The molecule has 1 aromatic carbocycles. The van der Waals surface area contributed by atoms with Crippen molar-refractivity contribution in [1.29, 1.82) is 0 Å². The van der Waals surface area contributed by atoms with E-state index in [-0.39, 0.29) is 12.0 Å². The first-order valence-electron chi connectivity index (χ1n) is 9.58. The molecule has 1 aliphatic heterocycles. The molecule has 2 atom stereocenters. The van der Waals surface area contributed by atoms with Gasteiger partial charge in [0, 0.05) is 11.3 Å². The Morgan fingerprint density at radius 3 is 2.41 bits per heavy atom. The van der Waals surface area contributed by atoms with Crippen LogP contribution in [0.2, 0.25) is 0 Å². The molecule has 2 unspecified atom stereocenters. The monoisotopic (exact) mass is 367 g/mol. The van der Waals surface area contributed by atoms with Gasteiger partial charge >= 0.3 is 0 Å². The summed E-state index contributed by atoms with van der Waals surface area (Å²) in [6.45, 7) is 16.9. The van der Waals surface area contributed by atoms with Crippen molar-refractivity contribution in [3.05, 3.63) is 65.8 Å². The van der Waals surface area contributed by atoms with Crippen LogP contribution in [0.5, 0.6) is 0 Å². The molecule has 0 fully saturated rings. The Bertz CT molecular complexity index is 764. The Kier molecular flexibility index (Phi) is 6.48. The van der Waals surface area contributed by atoms with E-state index in [1.807, 2.05) is 24.3 Å². The van der Waals surface area contributed by atoms with Gasteiger partial charge in [0.1, 0.15) is 6.10 Å². The highest BCUT2D eigenvalue weighted by Gasteiger charge is 2.57. The van der Waals surface area contributed by atoms with Gasteiger partial charge < -0.3 is 10.1 Å². The van der Waals surface area contributed by atoms with Crippen LogP contribution in [0.4, 0.5) is 5.69 Å². The van der Waals surface area contributed by atoms with Crippen molar-refractivity contribution in [3.63, 3.8) is 0 Å². The number of allylic oxidation sites excluding steroid dienone is 4. The van der Waals surface area contributed by atoms with Crippen LogP contribution in [-0.4, -0.2) is 12.5 Å². The number of nitrogens with one attached hydrogen (secondary N) is 1. The van der Waals surface area contributed by atoms with Crippen LogP contribution in [0.15, 0.2) is 60.2 Å². The van der Waals surface area contributed by atoms with Crippen LogP contribution in [0.3, 0.4) is 0 Å². The summed E-state index contributed by atoms with van der Waals surface area (Å²) in [6.07, 6.45) is 6.31. The van der Waals surface area contributed by atoms with Crippen molar-refractivity contribution >= 4 is 11.6 Å². The normalized spacial score (nSPS) is 21.7. The van der Waals surface area contributed by atoms with Gasteiger partial charge in [0.15, 0.2) is 0 Å². The van der Waals surface area contributed by atoms with E-state index in [9.17, 15) is 4.79 Å². The fourth-order valence-electron chi connectivity index (χ4n) is 3.64. The molecule has 3 nitrogen and oxygen atoms in total. The first kappa shape index (κ1) is 21.2. The summed E-state index contributed by atoms with van der Waals surface area (Å²) < 4.78 is 6.41. The summed E-state index contributed by atoms with van der Waals surface area (Å²) in [5.41, 5.74) is 2.99. The number of anilines is 1. The van der Waals surface area contributed by atoms with Crippen LogP contribution in [0, 0.1) is 10.8 Å². The number of para-hydroxylation sites is 1. The first-order valence-corrected chi connectivity index (χ1v) is 9.58. The average molecular weight is 368 g/mol. The Balaban J connectivity index is 2.67. The van der Waals surface area contributed by atoms with Gasteiger partial charge in [-0.05, 0) is 45.6 Å². The van der Waals surface area contributed by atoms with E-state index in [0.29, 0.717) is 13.0 Å². The van der Waals surface area contributed by atoms with Crippen LogP contribution < -0.4 is 5.32 Å². The number of amides is 1. The molecule has 0 spiro atoms. The van der Waals surface area contributed by atoms with Crippen LogP contribution >= 0.6 is 0 Å². The molecule has 1 aromatic rings. The topological polar surface area (TPSA) is 38.3 Å². The van der Waals surface area contributed by atoms with Gasteiger partial charge in [-0.25, -0.2) is 0 Å². The van der Waals surface area contributed by atoms with Crippen molar-refractivity contribution in [1.82, 2.24) is 0 Å². The van der Waals surface area contributed by atoms with Gasteiger partial charge in [-0.3, -0.25) is 4.79 Å². The second-order valence-corrected chi connectivity index (χ2v) is 8.42. The minimum Gasteiger partial charge on any atom is -0.368 e. The molecule has 1 N–H and O–H groups in total. The summed E-state index contributed by atoms with van der Waals surface area (Å²) in [6, 6.07) is 7.93. The standard InChI is InChI=1S/C24H33NO2/c1-8-23(6,7)24(15-13-17(2)3)21(27-16-14-18(4)5)19-11-9-10-12-20(19)25-22(24)26/h8-14,21H,1,15-16H2,2-7H3,(H,25,26). The van der Waals surface area contributed by atoms with Crippen molar-refractivity contribution in [2.75, 3.05) is 11.9 Å². The van der Waals surface area contributed by atoms with Gasteiger partial charge in [0.25, 0.3) is 0 Å². The lowest BCUT2D eigenvalue weighted by Crippen LogP contribution is -2.54. The van der Waals surface area contributed by atoms with Gasteiger partial charge in [-0.15, -0.1) is 6.58 Å². The lowest BCUT2D eigenvalue weighted by molar-refractivity contribution is -0.148. The molecule has 1 heterocycles. The molecule has 27 heavy (non-hydrogen) atoms. The molecule has 146 valence electrons. The molecule has 0 saturated heterocycles. The Hall–Kier alpha value is -2.13. The van der Waals surface area contributed by atoms with Gasteiger partial charge in [-0.1, -0.05) is 61.4 Å². The average Bonchev–Trinajstić information content (AvgIpc) is 2.60. The van der Waals surface area contributed by atoms with Crippen LogP contribution in [-0.2, 0) is 9.53 Å². The largest absolute Gasteiger partial charge is 0.368 e. The third kappa shape index (κ3) is 4.08. The third-order valence-corrected chi connectivity index (χ3v) is 5.59. The summed E-state index contributed by atoms with van der Waals surface area (Å²) in [4.78, 5) is 13.5. The summed E-state index contributed by atoms with van der Waals surface area (Å²) in [5, 5.41) is 3.13. The molecular formula is C24H33NO2. The minimum absolute atomic E-state index is 0.00852. The van der Waals surface area contributed by atoms with Crippen LogP contribution in [0.25, 0.3) is 0 Å². The van der Waals surface area contributed by atoms with Gasteiger partial charge in [0.2, 0.25) is 5.91 Å². The molecular weight excluding hydrogens is 334 g/mol. The molecule has 0 saturated carbocycles. The number of ether oxygens (including phenoxy) is 1. The number of hydrogen-bond acceptors (Lipinski definition) is 2. The SMILES string of the molecule is C=CC(C)(C)C1(CC=C(C)C)C(=O)Nc2ccccc2C1OCC=C(C)C. The number of rotatable bonds is 7. The zero-order valence-electron chi connectivity index (χ0n) is 17.6. The van der Waals surface area contributed by atoms with Crippen molar-refractivity contribution in [2.45, 2.75) is 54.1 Å². The third-order valence-electron chi connectivity index (χ3n) is 5.59. The molecule has 2 rings (SSSR count). The molecule has 1 amide bonds. The number of hydrogen-bond donors (Lipinski definition) is 1. The quantitative estimate of drug-likeness (QED) is 0.581. The Morgan fingerprint density at radius 2 is 1.81 bits per heavy atom. The predicted molar refractivity (Wildman–Crippen MR) is 114 cm³/mol. The Morgan fingerprint density at radius 1 is 1.19 bits per heavy atom. The zero-order chi connectivity index (χ0) is 20.2. The summed E-state index contributed by atoms with van der Waals surface area (Å²) in [5.74, 6) is -0.00852. The molecule has 1 aliphatic rings. The minimum atomic E-state index is -0.782. The fraction of sp³-hybridized carbons (Fsp3) is 0.458. The maximum Gasteiger partial charge on any atom is 0.234 e. The maximum absolute atomic E-state index is 13.5. The lowest BCUT2D eigenvalue weighted by Gasteiger charge is -2.51. The lowest BCUT2D eigenvalue weighted by atomic mass is 9.57. The number of benzene rings is 1. The second-order valence-electron chi connectivity index (χ2n) is 8.42. The summed E-state index contributed by atoms with van der Waals surface area (Å²) >= 11 is 0. The highest BCUT2D eigenvalue weighted by Crippen LogP contribution is 2.57. The van der Waals surface area contributed by atoms with Gasteiger partial charge in [0.05, 0.1) is 12.0 Å². The zero-order valence-corrected chi connectivity index (χ0v) is 17.6. The van der Waals surface area contributed by atoms with E-state index in [1.54, 1.807) is 0 Å². The van der Waals surface area contributed by atoms with Crippen LogP contribution in [0.1, 0.15) is 59.6 Å². The second kappa shape index (κ2) is 8.26. The van der Waals surface area contributed by atoms with E-state index in [0.717, 1.165) is 11.3 Å². The number of carbonyl (C=O) groups is 1. The molecule has 0 bridgehead atoms. The number of fused-ring (bicyclic) bond motifs is 1. The van der Waals surface area contributed by atoms with Crippen molar-refractivity contribution in [2.24, 2.45) is 10.8 Å². The number of carbonyl (C=O) groups excluding carboxylic acids is 1. The molecule has 0 aliphatic carbocycles. The highest BCUT2D eigenvalue weighted by molar-refractivity contribution is 6.00. The Labute approximate surface area is 164 Å². The predicted octanol–water partition coefficient (Wildman–Crippen LogP) is 6.22. The smallest absolute Gasteiger partial charge is 0.234 e. The first-order chi connectivity index (χ1) is 12.7. The van der Waals surface area contributed by atoms with E-state index >= 15 is 0 Å². The van der Waals surface area contributed by atoms with E-state index in [2.05, 4.69) is 71.7 Å². The van der Waals surface area contributed by atoms with E-state index < -0.39 is 10.8 Å².